The number of furan rings is 8. The molecule has 0 bridgehead atoms. The maximum absolute atomic E-state index is 11.2. The van der Waals surface area contributed by atoms with Gasteiger partial charge in [0.05, 0.1) is 94.6 Å². The average molecular weight is 1950 g/mol. The van der Waals surface area contributed by atoms with Crippen LogP contribution in [0.25, 0.3) is 87.8 Å². The maximum atomic E-state index is 11.2. The van der Waals surface area contributed by atoms with Gasteiger partial charge in [0.25, 0.3) is 0 Å². The Morgan fingerprint density at radius 2 is 0.278 bits per heavy atom. The number of benzene rings is 8. The molecule has 0 saturated carbocycles. The third-order valence-corrected chi connectivity index (χ3v) is 31.7. The molecule has 8 aliphatic rings. The molecule has 752 valence electrons. The second-order valence-electron chi connectivity index (χ2n) is 43.2. The summed E-state index contributed by atoms with van der Waals surface area (Å²) in [5, 5.41) is 82.5. The van der Waals surface area contributed by atoms with Crippen molar-refractivity contribution in [3.63, 3.8) is 0 Å². The van der Waals surface area contributed by atoms with Crippen LogP contribution in [0.15, 0.2) is 183 Å². The Morgan fingerprint density at radius 3 is 0.361 bits per heavy atom. The van der Waals surface area contributed by atoms with Gasteiger partial charge in [-0.25, -0.2) is 38.4 Å². The van der Waals surface area contributed by atoms with Gasteiger partial charge in [-0.05, 0) is 383 Å². The van der Waals surface area contributed by atoms with Gasteiger partial charge in [-0.3, -0.25) is 0 Å². The van der Waals surface area contributed by atoms with E-state index in [4.69, 9.17) is 35.3 Å². The average Bonchev–Trinajstić information content (AvgIpc) is 1.64. The van der Waals surface area contributed by atoms with Gasteiger partial charge in [-0.1, -0.05) is 111 Å². The lowest BCUT2D eigenvalue weighted by molar-refractivity contribution is 0.0686. The molecule has 8 heterocycles. The molecule has 0 fully saturated rings. The van der Waals surface area contributed by atoms with Crippen LogP contribution in [0.4, 0.5) is 0 Å². The van der Waals surface area contributed by atoms with Crippen molar-refractivity contribution < 1.29 is 115 Å². The van der Waals surface area contributed by atoms with Gasteiger partial charge in [0.1, 0.15) is 44.7 Å². The van der Waals surface area contributed by atoms with Crippen LogP contribution in [-0.4, -0.2) is 88.6 Å². The SMILES string of the molecule is CC(C)[C@H]1CCc2coc3cc(C(=O)O)cc1c23.CC(C)[C@H]1CCc2coc3cc(C(=O)O)cc1c23.CC(C)[C@H]1CCc2coc3cc(C(=O)O)cc1c23.CC(C)[C@H]1CCc2coc3cc(C(=O)O)cc1c23.CC(C)[C@H]1CCc2coc3cc(C(=O)O)cc1c23.CC(C)[C@H]1CCc2coc3cc(C(=O)O)cc1c23.CC(C)[C@H]1CCc2coc3cc(C(=O)O)cc1c23.CC(C)[C@H]1CCc2coc3cc(C(=O)O)cc1c23. The molecule has 8 aromatic carbocycles. The Hall–Kier alpha value is -14.2. The standard InChI is InChI=1S/8C15H16O3/c8*1-8(2)11-4-3-9-7-18-13-6-10(15(16)17)5-12(11)14(9)13/h8*5-8,11H,3-4H2,1-2H3,(H,16,17)/t8*11-/m11111111/s1. The van der Waals surface area contributed by atoms with Crippen LogP contribution in [0.1, 0.15) is 381 Å². The van der Waals surface area contributed by atoms with Gasteiger partial charge in [0, 0.05) is 43.1 Å². The molecule has 24 rings (SSSR count). The topological polar surface area (TPSA) is 404 Å². The smallest absolute Gasteiger partial charge is 0.335 e. The molecule has 0 spiro atoms. The first-order valence-electron chi connectivity index (χ1n) is 50.8. The van der Waals surface area contributed by atoms with Crippen molar-refractivity contribution in [2.45, 2.75) is 261 Å². The molecule has 0 aliphatic heterocycles. The molecule has 0 unspecified atom stereocenters. The lowest BCUT2D eigenvalue weighted by Crippen LogP contribution is -2.13. The van der Waals surface area contributed by atoms with Crippen LogP contribution in [0.3, 0.4) is 0 Å². The summed E-state index contributed by atoms with van der Waals surface area (Å²) in [5.74, 6) is 0.418. The van der Waals surface area contributed by atoms with Crippen molar-refractivity contribution >= 4 is 136 Å². The molecule has 16 aromatic rings. The summed E-state index contributed by atoms with van der Waals surface area (Å²) in [7, 11) is 0. The van der Waals surface area contributed by atoms with Crippen molar-refractivity contribution in [2.24, 2.45) is 47.3 Å². The van der Waals surface area contributed by atoms with E-state index in [1.165, 1.54) is 44.5 Å². The zero-order chi connectivity index (χ0) is 103. The minimum Gasteiger partial charge on any atom is -0.478 e. The molecule has 24 nitrogen and oxygen atoms in total. The Balaban J connectivity index is 0.000000113. The van der Waals surface area contributed by atoms with Crippen LogP contribution >= 0.6 is 0 Å². The summed E-state index contributed by atoms with van der Waals surface area (Å²) in [6, 6.07) is 27.7. The van der Waals surface area contributed by atoms with Gasteiger partial charge in [0.15, 0.2) is 0 Å². The molecule has 0 radical (unpaired) electrons. The number of aromatic carboxylic acids is 8. The third kappa shape index (κ3) is 19.9. The predicted octanol–water partition coefficient (Wildman–Crippen LogP) is 30.5. The van der Waals surface area contributed by atoms with E-state index in [2.05, 4.69) is 111 Å². The summed E-state index contributed by atoms with van der Waals surface area (Å²) >= 11 is 0. The van der Waals surface area contributed by atoms with Crippen LogP contribution in [0, 0.1) is 47.3 Å². The van der Waals surface area contributed by atoms with Crippen LogP contribution in [-0.2, 0) is 51.4 Å². The molecular formula is C120H128O24. The second-order valence-corrected chi connectivity index (χ2v) is 43.2. The Morgan fingerprint density at radius 1 is 0.181 bits per heavy atom. The van der Waals surface area contributed by atoms with E-state index in [-0.39, 0.29) is 0 Å². The first-order valence-corrected chi connectivity index (χ1v) is 50.8. The maximum Gasteiger partial charge on any atom is 0.335 e. The highest BCUT2D eigenvalue weighted by atomic mass is 16.4. The molecule has 8 atom stereocenters. The van der Waals surface area contributed by atoms with Gasteiger partial charge in [-0.15, -0.1) is 0 Å². The first-order chi connectivity index (χ1) is 68.6. The van der Waals surface area contributed by atoms with E-state index in [1.54, 1.807) is 98.6 Å². The molecule has 0 amide bonds. The fraction of sp³-hybridized carbons (Fsp3) is 0.400. The molecule has 8 N–H and O–H groups in total. The van der Waals surface area contributed by atoms with E-state index >= 15 is 0 Å². The molecule has 0 saturated heterocycles. The Bertz CT molecular complexity index is 6320. The molecule has 8 aromatic heterocycles. The van der Waals surface area contributed by atoms with Crippen LogP contribution in [0.2, 0.25) is 0 Å². The fourth-order valence-electron chi connectivity index (χ4n) is 24.2. The van der Waals surface area contributed by atoms with Gasteiger partial charge in [-0.2, -0.15) is 0 Å². The van der Waals surface area contributed by atoms with Crippen molar-refractivity contribution in [1.29, 1.82) is 0 Å². The van der Waals surface area contributed by atoms with E-state index in [1.807, 2.05) is 48.5 Å². The second kappa shape index (κ2) is 41.3. The summed E-state index contributed by atoms with van der Waals surface area (Å²) in [6.45, 7) is 35.0. The summed E-state index contributed by atoms with van der Waals surface area (Å²) in [5.41, 5.74) is 27.2. The largest absolute Gasteiger partial charge is 0.478 e. The van der Waals surface area contributed by atoms with Gasteiger partial charge in [0.2, 0.25) is 0 Å². The lowest BCUT2D eigenvalue weighted by atomic mass is 9.77. The summed E-state index contributed by atoms with van der Waals surface area (Å²) in [6.07, 6.45) is 31.0. The van der Waals surface area contributed by atoms with E-state index < -0.39 is 47.8 Å². The zero-order valence-electron chi connectivity index (χ0n) is 84.5. The van der Waals surface area contributed by atoms with Crippen molar-refractivity contribution in [1.82, 2.24) is 0 Å². The highest BCUT2D eigenvalue weighted by Gasteiger charge is 2.37. The monoisotopic (exact) mass is 1950 g/mol. The molecular weight excluding hydrogens is 1830 g/mol. The zero-order valence-corrected chi connectivity index (χ0v) is 84.5. The highest BCUT2D eigenvalue weighted by molar-refractivity contribution is 6.03. The quantitative estimate of drug-likeness (QED) is 0.0445. The fourth-order valence-corrected chi connectivity index (χ4v) is 24.2. The van der Waals surface area contributed by atoms with Crippen molar-refractivity contribution in [3.05, 3.63) is 281 Å². The van der Waals surface area contributed by atoms with Gasteiger partial charge >= 0.3 is 47.8 Å². The Kier molecular flexibility index (Phi) is 29.1. The summed E-state index contributed by atoms with van der Waals surface area (Å²) < 4.78 is 44.1. The normalized spacial score (nSPS) is 18.5. The molecule has 8 aliphatic carbocycles. The third-order valence-electron chi connectivity index (χ3n) is 31.7. The number of carboxylic acid groups (broad SMARTS) is 8. The Labute approximate surface area is 834 Å². The number of hydrogen-bond donors (Lipinski definition) is 8. The van der Waals surface area contributed by atoms with Crippen LogP contribution in [0.5, 0.6) is 0 Å². The van der Waals surface area contributed by atoms with E-state index in [0.29, 0.717) is 184 Å². The number of carboxylic acids is 8. The number of carbonyl (C=O) groups is 8. The van der Waals surface area contributed by atoms with Gasteiger partial charge < -0.3 is 76.2 Å². The number of hydrogen-bond acceptors (Lipinski definition) is 16. The summed E-state index contributed by atoms with van der Waals surface area (Å²) in [4.78, 5) is 89.4. The first kappa shape index (κ1) is 101. The minimum absolute atomic E-state index is 0.325. The van der Waals surface area contributed by atoms with E-state index in [9.17, 15) is 79.2 Å². The minimum atomic E-state index is -0.890. The number of aryl methyl sites for hydroxylation is 8. The van der Waals surface area contributed by atoms with Crippen molar-refractivity contribution in [2.75, 3.05) is 0 Å². The predicted molar refractivity (Wildman–Crippen MR) is 553 cm³/mol. The van der Waals surface area contributed by atoms with Crippen molar-refractivity contribution in [3.8, 4) is 0 Å². The molecule has 24 heteroatoms. The van der Waals surface area contributed by atoms with E-state index in [0.717, 1.165) is 190 Å². The number of rotatable bonds is 16. The van der Waals surface area contributed by atoms with Crippen LogP contribution < -0.4 is 0 Å². The highest BCUT2D eigenvalue weighted by Crippen LogP contribution is 2.51. The molecule has 144 heavy (non-hydrogen) atoms. The lowest BCUT2D eigenvalue weighted by Gasteiger charge is -2.26.